The summed E-state index contributed by atoms with van der Waals surface area (Å²) in [5, 5.41) is 11.3. The average molecular weight is 387 g/mol. The summed E-state index contributed by atoms with van der Waals surface area (Å²) in [7, 11) is 1.48. The maximum Gasteiger partial charge on any atom is 0.322 e. The van der Waals surface area contributed by atoms with Crippen LogP contribution in [0.15, 0.2) is 30.6 Å². The van der Waals surface area contributed by atoms with Gasteiger partial charge in [-0.15, -0.1) is 0 Å². The first-order valence-electron chi connectivity index (χ1n) is 8.51. The quantitative estimate of drug-likeness (QED) is 0.719. The molecule has 2 N–H and O–H groups in total. The lowest BCUT2D eigenvalue weighted by Crippen LogP contribution is -2.42. The molecule has 0 bridgehead atoms. The Morgan fingerprint density at radius 3 is 3.11 bits per heavy atom. The highest BCUT2D eigenvalue weighted by Crippen LogP contribution is 2.37. The smallest absolute Gasteiger partial charge is 0.322 e. The minimum Gasteiger partial charge on any atom is -0.497 e. The number of H-pyrrole nitrogens is 1. The summed E-state index contributed by atoms with van der Waals surface area (Å²) in [6.07, 6.45) is 5.19. The molecule has 1 aliphatic rings. The number of aromatic amines is 1. The molecule has 27 heavy (non-hydrogen) atoms. The number of benzene rings is 1. The highest BCUT2D eigenvalue weighted by atomic mass is 32.1. The first-order valence-corrected chi connectivity index (χ1v) is 9.33. The predicted octanol–water partition coefficient (Wildman–Crippen LogP) is 3.34. The lowest BCUT2D eigenvalue weighted by atomic mass is 10.1. The van der Waals surface area contributed by atoms with Gasteiger partial charge in [-0.25, -0.2) is 14.2 Å². The van der Waals surface area contributed by atoms with Crippen LogP contribution >= 0.6 is 11.3 Å². The number of nitrogens with one attached hydrogen (secondary N) is 2. The van der Waals surface area contributed by atoms with Gasteiger partial charge >= 0.3 is 6.03 Å². The van der Waals surface area contributed by atoms with Crippen molar-refractivity contribution in [2.75, 3.05) is 18.6 Å². The second kappa shape index (κ2) is 7.36. The number of urea groups is 1. The topological polar surface area (TPSA) is 83.1 Å². The van der Waals surface area contributed by atoms with Gasteiger partial charge in [0.1, 0.15) is 21.6 Å². The first kappa shape index (κ1) is 17.5. The van der Waals surface area contributed by atoms with Crippen molar-refractivity contribution in [1.29, 1.82) is 0 Å². The van der Waals surface area contributed by atoms with Crippen LogP contribution in [-0.2, 0) is 13.0 Å². The molecule has 7 nitrogen and oxygen atoms in total. The van der Waals surface area contributed by atoms with Crippen molar-refractivity contribution in [3.63, 3.8) is 0 Å². The largest absolute Gasteiger partial charge is 0.497 e. The molecular weight excluding hydrogens is 369 g/mol. The molecule has 140 valence electrons. The number of rotatable bonds is 4. The van der Waals surface area contributed by atoms with Crippen LogP contribution in [0.5, 0.6) is 5.75 Å². The van der Waals surface area contributed by atoms with Gasteiger partial charge in [-0.3, -0.25) is 10.00 Å². The van der Waals surface area contributed by atoms with Gasteiger partial charge in [0.05, 0.1) is 19.0 Å². The minimum absolute atomic E-state index is 0.214. The molecule has 0 radical (unpaired) electrons. The predicted molar refractivity (Wildman–Crippen MR) is 101 cm³/mol. The maximum atomic E-state index is 13.6. The average Bonchev–Trinajstić information content (AvgIpc) is 3.34. The fraction of sp³-hybridized carbons (Fsp3) is 0.278. The number of thiazole rings is 1. The van der Waals surface area contributed by atoms with Crippen molar-refractivity contribution < 1.29 is 13.9 Å². The summed E-state index contributed by atoms with van der Waals surface area (Å²) in [6, 6.07) is 4.17. The summed E-state index contributed by atoms with van der Waals surface area (Å²) in [5.74, 6) is 0.0257. The first-order chi connectivity index (χ1) is 13.1. The molecule has 2 amide bonds. The van der Waals surface area contributed by atoms with Crippen LogP contribution in [0.25, 0.3) is 10.6 Å². The zero-order valence-electron chi connectivity index (χ0n) is 14.7. The van der Waals surface area contributed by atoms with E-state index in [1.807, 2.05) is 0 Å². The van der Waals surface area contributed by atoms with Crippen LogP contribution in [0.3, 0.4) is 0 Å². The molecule has 1 aliphatic heterocycles. The molecule has 0 fully saturated rings. The van der Waals surface area contributed by atoms with E-state index >= 15 is 0 Å². The summed E-state index contributed by atoms with van der Waals surface area (Å²) in [6.45, 7) is 0.838. The molecule has 1 aromatic carbocycles. The fourth-order valence-electron chi connectivity index (χ4n) is 3.02. The highest BCUT2D eigenvalue weighted by molar-refractivity contribution is 7.19. The van der Waals surface area contributed by atoms with Gasteiger partial charge in [0.25, 0.3) is 0 Å². The lowest BCUT2D eigenvalue weighted by Gasteiger charge is -2.26. The second-order valence-corrected chi connectivity index (χ2v) is 7.15. The number of fused-ring (bicyclic) bond motifs is 1. The SMILES string of the molecule is COc1cc(F)cc(CNC(=O)N2CCCc3nc(-c4cn[nH]c4)sc32)c1. The van der Waals surface area contributed by atoms with Gasteiger partial charge in [-0.1, -0.05) is 11.3 Å². The van der Waals surface area contributed by atoms with Crippen LogP contribution in [0.4, 0.5) is 14.2 Å². The number of amides is 2. The molecule has 0 spiro atoms. The third-order valence-electron chi connectivity index (χ3n) is 4.32. The van der Waals surface area contributed by atoms with Gasteiger partial charge in [0, 0.05) is 30.9 Å². The molecule has 4 rings (SSSR count). The number of nitrogens with zero attached hydrogens (tertiary/aromatic N) is 3. The molecule has 3 aromatic rings. The minimum atomic E-state index is -0.397. The number of aromatic nitrogens is 3. The van der Waals surface area contributed by atoms with Gasteiger partial charge in [0.2, 0.25) is 0 Å². The second-order valence-electron chi connectivity index (χ2n) is 6.17. The Morgan fingerprint density at radius 1 is 1.44 bits per heavy atom. The summed E-state index contributed by atoms with van der Waals surface area (Å²) in [5.41, 5.74) is 2.47. The van der Waals surface area contributed by atoms with E-state index in [4.69, 9.17) is 4.74 Å². The Bertz CT molecular complexity index is 957. The Morgan fingerprint density at radius 2 is 2.33 bits per heavy atom. The van der Waals surface area contributed by atoms with Crippen molar-refractivity contribution in [2.24, 2.45) is 0 Å². The monoisotopic (exact) mass is 387 g/mol. The third-order valence-corrected chi connectivity index (χ3v) is 5.49. The summed E-state index contributed by atoms with van der Waals surface area (Å²) in [4.78, 5) is 19.1. The van der Waals surface area contributed by atoms with E-state index in [0.29, 0.717) is 17.9 Å². The van der Waals surface area contributed by atoms with E-state index in [1.54, 1.807) is 23.4 Å². The Labute approximate surface area is 159 Å². The third kappa shape index (κ3) is 3.63. The molecule has 2 aromatic heterocycles. The van der Waals surface area contributed by atoms with Gasteiger partial charge in [-0.2, -0.15) is 5.10 Å². The van der Waals surface area contributed by atoms with Crippen molar-refractivity contribution in [2.45, 2.75) is 19.4 Å². The number of ether oxygens (including phenoxy) is 1. The number of hydrogen-bond donors (Lipinski definition) is 2. The van der Waals surface area contributed by atoms with Crippen molar-refractivity contribution in [3.05, 3.63) is 47.7 Å². The molecule has 0 saturated heterocycles. The number of aryl methyl sites for hydroxylation is 1. The van der Waals surface area contributed by atoms with Crippen LogP contribution in [-0.4, -0.2) is 34.9 Å². The molecule has 9 heteroatoms. The van der Waals surface area contributed by atoms with E-state index in [9.17, 15) is 9.18 Å². The molecule has 3 heterocycles. The highest BCUT2D eigenvalue weighted by Gasteiger charge is 2.27. The van der Waals surface area contributed by atoms with Gasteiger partial charge in [0.15, 0.2) is 0 Å². The molecular formula is C18H18FN5O2S. The van der Waals surface area contributed by atoms with Crippen molar-refractivity contribution in [3.8, 4) is 16.3 Å². The van der Waals surface area contributed by atoms with Crippen LogP contribution in [0.1, 0.15) is 17.7 Å². The zero-order chi connectivity index (χ0) is 18.8. The Kier molecular flexibility index (Phi) is 4.76. The van der Waals surface area contributed by atoms with Crippen molar-refractivity contribution in [1.82, 2.24) is 20.5 Å². The van der Waals surface area contributed by atoms with Crippen molar-refractivity contribution >= 4 is 22.4 Å². The normalized spacial score (nSPS) is 13.3. The number of methoxy groups -OCH3 is 1. The number of hydrogen-bond acceptors (Lipinski definition) is 5. The standard InChI is InChI=1S/C18H18FN5O2S/c1-26-14-6-11(5-13(19)7-14)8-20-18(25)24-4-2-3-15-17(24)27-16(23-15)12-9-21-22-10-12/h5-7,9-10H,2-4,8H2,1H3,(H,20,25)(H,21,22). The van der Waals surface area contributed by atoms with Gasteiger partial charge in [-0.05, 0) is 30.5 Å². The number of carbonyl (C=O) groups is 1. The summed E-state index contributed by atoms with van der Waals surface area (Å²) >= 11 is 1.47. The number of halogens is 1. The molecule has 0 unspecified atom stereocenters. The van der Waals surface area contributed by atoms with Crippen LogP contribution in [0, 0.1) is 5.82 Å². The zero-order valence-corrected chi connectivity index (χ0v) is 15.5. The number of anilines is 1. The number of carbonyl (C=O) groups excluding carboxylic acids is 1. The maximum absolute atomic E-state index is 13.6. The van der Waals surface area contributed by atoms with E-state index in [1.165, 1.54) is 30.6 Å². The van der Waals surface area contributed by atoms with Crippen LogP contribution in [0.2, 0.25) is 0 Å². The Hall–Kier alpha value is -2.94. The lowest BCUT2D eigenvalue weighted by molar-refractivity contribution is 0.245. The Balaban J connectivity index is 1.50. The van der Waals surface area contributed by atoms with E-state index in [0.717, 1.165) is 34.1 Å². The molecule has 0 saturated carbocycles. The van der Waals surface area contributed by atoms with Gasteiger partial charge < -0.3 is 10.1 Å². The van der Waals surface area contributed by atoms with E-state index in [2.05, 4.69) is 20.5 Å². The molecule has 0 atom stereocenters. The van der Waals surface area contributed by atoms with E-state index in [-0.39, 0.29) is 12.6 Å². The fourth-order valence-corrected chi connectivity index (χ4v) is 4.14. The van der Waals surface area contributed by atoms with Crippen LogP contribution < -0.4 is 15.0 Å². The summed E-state index contributed by atoms with van der Waals surface area (Å²) < 4.78 is 18.7. The van der Waals surface area contributed by atoms with E-state index < -0.39 is 5.82 Å². The molecule has 0 aliphatic carbocycles.